The third kappa shape index (κ3) is 34.3. The van der Waals surface area contributed by atoms with E-state index in [2.05, 4.69) is 50.3 Å². The molecule has 3 N–H and O–H groups in total. The van der Waals surface area contributed by atoms with Gasteiger partial charge >= 0.3 is 13.8 Å². The summed E-state index contributed by atoms with van der Waals surface area (Å²) in [5.41, 5.74) is 0. The minimum atomic E-state index is -4.50. The Morgan fingerprint density at radius 1 is 0.681 bits per heavy atom. The summed E-state index contributed by atoms with van der Waals surface area (Å²) in [6.45, 7) is 3.34. The molecule has 276 valence electrons. The zero-order valence-electron chi connectivity index (χ0n) is 29.7. The molecule has 0 spiro atoms. The molecule has 0 heterocycles. The molecule has 3 unspecified atom stereocenters. The maximum Gasteiger partial charge on any atom is 0.472 e. The van der Waals surface area contributed by atoms with Gasteiger partial charge in [-0.15, -0.1) is 0 Å². The molecule has 0 rings (SSSR count). The Hall–Kier alpha value is -1.32. The average molecular weight is 689 g/mol. The first-order chi connectivity index (χ1) is 22.8. The summed E-state index contributed by atoms with van der Waals surface area (Å²) in [4.78, 5) is 22.3. The largest absolute Gasteiger partial charge is 0.472 e. The maximum absolute atomic E-state index is 12.5. The second kappa shape index (κ2) is 34.5. The first kappa shape index (κ1) is 45.7. The number of hydrogen-bond acceptors (Lipinski definition) is 8. The van der Waals surface area contributed by atoms with Crippen LogP contribution in [0.2, 0.25) is 0 Å². The Bertz CT molecular complexity index is 831. The summed E-state index contributed by atoms with van der Waals surface area (Å²) in [7, 11) is -4.50. The van der Waals surface area contributed by atoms with E-state index in [0.717, 1.165) is 64.2 Å². The van der Waals surface area contributed by atoms with Crippen molar-refractivity contribution in [2.75, 3.05) is 33.0 Å². The number of phosphoric acid groups is 1. The molecule has 0 aliphatic heterocycles. The van der Waals surface area contributed by atoms with Crippen LogP contribution < -0.4 is 0 Å². The molecule has 3 atom stereocenters. The van der Waals surface area contributed by atoms with Gasteiger partial charge in [0.15, 0.2) is 0 Å². The molecule has 0 aromatic carbocycles. The minimum Gasteiger partial charge on any atom is -0.457 e. The fraction of sp³-hybridized carbons (Fsp3) is 0.811. The van der Waals surface area contributed by atoms with Gasteiger partial charge < -0.3 is 24.6 Å². The predicted molar refractivity (Wildman–Crippen MR) is 191 cm³/mol. The van der Waals surface area contributed by atoms with E-state index >= 15 is 0 Å². The summed E-state index contributed by atoms with van der Waals surface area (Å²) in [5, 5.41) is 18.2. The molecule has 0 aliphatic rings. The molecule has 0 amide bonds. The van der Waals surface area contributed by atoms with Crippen molar-refractivity contribution in [1.29, 1.82) is 0 Å². The number of aliphatic hydroxyl groups is 2. The third-order valence-electron chi connectivity index (χ3n) is 7.59. The molecule has 9 nitrogen and oxygen atoms in total. The highest BCUT2D eigenvalue weighted by atomic mass is 31.2. The zero-order chi connectivity index (χ0) is 34.7. The molecule has 0 aromatic heterocycles. The fourth-order valence-electron chi connectivity index (χ4n) is 4.78. The third-order valence-corrected chi connectivity index (χ3v) is 8.54. The van der Waals surface area contributed by atoms with Crippen LogP contribution in [0.15, 0.2) is 36.5 Å². The van der Waals surface area contributed by atoms with Gasteiger partial charge in [-0.1, -0.05) is 134 Å². The minimum absolute atomic E-state index is 0.0451. The van der Waals surface area contributed by atoms with E-state index < -0.39 is 39.2 Å². The normalized spacial score (nSPS) is 14.7. The SMILES string of the molecule is CC/C=C\C/C=C\C/C=C\CCCCCCCCCCOCC(COP(=O)(O)OCC(O)CO)OC(=O)CCCCCCCCCC. The van der Waals surface area contributed by atoms with Crippen molar-refractivity contribution in [3.8, 4) is 0 Å². The standard InChI is InChI=1S/C37H69O9P/c1-3-5-7-9-11-13-14-15-16-17-18-19-20-21-22-24-26-28-30-43-33-36(34-45-47(41,42)44-32-35(39)31-38)46-37(40)29-27-25-23-12-10-8-6-4-2/h5,7,11,13,15-16,35-36,38-39H,3-4,6,8-10,12,14,17-34H2,1-2H3,(H,41,42)/b7-5-,13-11-,16-15-. The topological polar surface area (TPSA) is 132 Å². The van der Waals surface area contributed by atoms with Crippen molar-refractivity contribution in [1.82, 2.24) is 0 Å². The number of carbonyl (C=O) groups excluding carboxylic acids is 1. The lowest BCUT2D eigenvalue weighted by atomic mass is 10.1. The summed E-state index contributed by atoms with van der Waals surface area (Å²) >= 11 is 0. The zero-order valence-corrected chi connectivity index (χ0v) is 30.6. The number of ether oxygens (including phenoxy) is 2. The molecule has 0 aliphatic carbocycles. The molecule has 10 heteroatoms. The molecule has 0 saturated heterocycles. The van der Waals surface area contributed by atoms with E-state index in [9.17, 15) is 19.4 Å². The van der Waals surface area contributed by atoms with Crippen molar-refractivity contribution >= 4 is 13.8 Å². The van der Waals surface area contributed by atoms with E-state index in [1.54, 1.807) is 0 Å². The quantitative estimate of drug-likeness (QED) is 0.0258. The lowest BCUT2D eigenvalue weighted by molar-refractivity contribution is -0.154. The van der Waals surface area contributed by atoms with Crippen LogP contribution in [-0.4, -0.2) is 66.3 Å². The van der Waals surface area contributed by atoms with Crippen molar-refractivity contribution in [3.63, 3.8) is 0 Å². The van der Waals surface area contributed by atoms with Gasteiger partial charge in [-0.2, -0.15) is 0 Å². The number of unbranched alkanes of at least 4 members (excludes halogenated alkanes) is 15. The van der Waals surface area contributed by atoms with Crippen LogP contribution in [-0.2, 0) is 27.9 Å². The highest BCUT2D eigenvalue weighted by Gasteiger charge is 2.26. The van der Waals surface area contributed by atoms with Crippen LogP contribution in [0, 0.1) is 0 Å². The highest BCUT2D eigenvalue weighted by molar-refractivity contribution is 7.47. The number of hydrogen-bond donors (Lipinski definition) is 3. The van der Waals surface area contributed by atoms with Gasteiger partial charge in [0.2, 0.25) is 0 Å². The summed E-state index contributed by atoms with van der Waals surface area (Å²) in [5.74, 6) is -0.392. The van der Waals surface area contributed by atoms with E-state index in [4.69, 9.17) is 23.6 Å². The summed E-state index contributed by atoms with van der Waals surface area (Å²) in [6, 6.07) is 0. The first-order valence-electron chi connectivity index (χ1n) is 18.5. The predicted octanol–water partition coefficient (Wildman–Crippen LogP) is 9.30. The smallest absolute Gasteiger partial charge is 0.457 e. The second-order valence-corrected chi connectivity index (χ2v) is 13.7. The van der Waals surface area contributed by atoms with E-state index in [-0.39, 0.29) is 19.6 Å². The highest BCUT2D eigenvalue weighted by Crippen LogP contribution is 2.43. The molecule has 0 aromatic rings. The first-order valence-corrected chi connectivity index (χ1v) is 20.0. The number of phosphoric ester groups is 1. The van der Waals surface area contributed by atoms with Crippen LogP contribution in [0.4, 0.5) is 0 Å². The van der Waals surface area contributed by atoms with Gasteiger partial charge in [-0.25, -0.2) is 4.57 Å². The van der Waals surface area contributed by atoms with Crippen molar-refractivity contribution < 1.29 is 43.0 Å². The number of esters is 1. The van der Waals surface area contributed by atoms with E-state index in [1.807, 2.05) is 0 Å². The number of rotatable bonds is 35. The Morgan fingerprint density at radius 3 is 1.83 bits per heavy atom. The molecular weight excluding hydrogens is 619 g/mol. The van der Waals surface area contributed by atoms with Crippen molar-refractivity contribution in [3.05, 3.63) is 36.5 Å². The van der Waals surface area contributed by atoms with E-state index in [1.165, 1.54) is 64.2 Å². The Balaban J connectivity index is 4.16. The molecule has 0 saturated carbocycles. The molecule has 0 radical (unpaired) electrons. The number of aliphatic hydroxyl groups excluding tert-OH is 2. The van der Waals surface area contributed by atoms with Crippen LogP contribution in [0.3, 0.4) is 0 Å². The summed E-state index contributed by atoms with van der Waals surface area (Å²) in [6.07, 6.45) is 34.0. The van der Waals surface area contributed by atoms with Gasteiger partial charge in [-0.3, -0.25) is 13.8 Å². The lowest BCUT2D eigenvalue weighted by Crippen LogP contribution is -2.29. The van der Waals surface area contributed by atoms with E-state index in [0.29, 0.717) is 6.61 Å². The van der Waals surface area contributed by atoms with Gasteiger partial charge in [-0.05, 0) is 44.9 Å². The van der Waals surface area contributed by atoms with Gasteiger partial charge in [0.05, 0.1) is 26.4 Å². The molecule has 0 bridgehead atoms. The monoisotopic (exact) mass is 688 g/mol. The second-order valence-electron chi connectivity index (χ2n) is 12.2. The maximum atomic E-state index is 12.5. The Labute approximate surface area is 286 Å². The molecule has 0 fully saturated rings. The molecule has 47 heavy (non-hydrogen) atoms. The van der Waals surface area contributed by atoms with Crippen molar-refractivity contribution in [2.45, 2.75) is 161 Å². The summed E-state index contributed by atoms with van der Waals surface area (Å²) < 4.78 is 33.1. The number of allylic oxidation sites excluding steroid dienone is 6. The van der Waals surface area contributed by atoms with Crippen LogP contribution in [0.5, 0.6) is 0 Å². The lowest BCUT2D eigenvalue weighted by Gasteiger charge is -2.20. The Morgan fingerprint density at radius 2 is 1.21 bits per heavy atom. The van der Waals surface area contributed by atoms with Crippen molar-refractivity contribution in [2.24, 2.45) is 0 Å². The van der Waals surface area contributed by atoms with Gasteiger partial charge in [0.1, 0.15) is 12.2 Å². The number of carbonyl (C=O) groups is 1. The van der Waals surface area contributed by atoms with Gasteiger partial charge in [0.25, 0.3) is 0 Å². The molecular formula is C37H69O9P. The van der Waals surface area contributed by atoms with Crippen LogP contribution in [0.25, 0.3) is 0 Å². The average Bonchev–Trinajstić information content (AvgIpc) is 3.06. The Kier molecular flexibility index (Phi) is 33.6. The van der Waals surface area contributed by atoms with Crippen LogP contribution in [0.1, 0.15) is 149 Å². The fourth-order valence-corrected chi connectivity index (χ4v) is 5.57. The van der Waals surface area contributed by atoms with Gasteiger partial charge in [0, 0.05) is 13.0 Å². The van der Waals surface area contributed by atoms with Crippen LogP contribution >= 0.6 is 7.82 Å².